The van der Waals surface area contributed by atoms with Crippen molar-refractivity contribution in [2.24, 2.45) is 0 Å². The predicted octanol–water partition coefficient (Wildman–Crippen LogP) is 4.57. The zero-order valence-electron chi connectivity index (χ0n) is 16.8. The normalized spacial score (nSPS) is 11.7. The minimum absolute atomic E-state index is 0.0530. The summed E-state index contributed by atoms with van der Waals surface area (Å²) in [5.74, 6) is 0.111. The van der Waals surface area contributed by atoms with Crippen LogP contribution in [0.3, 0.4) is 0 Å². The highest BCUT2D eigenvalue weighted by atomic mass is 16.5. The second kappa shape index (κ2) is 6.81. The predicted molar refractivity (Wildman–Crippen MR) is 116 cm³/mol. The Labute approximate surface area is 167 Å². The van der Waals surface area contributed by atoms with Crippen molar-refractivity contribution in [1.82, 2.24) is 9.97 Å². The minimum Gasteiger partial charge on any atom is -0.497 e. The molecule has 0 aliphatic carbocycles. The molecule has 0 saturated heterocycles. The topological polar surface area (TPSA) is 87.0 Å². The summed E-state index contributed by atoms with van der Waals surface area (Å²) >= 11 is 0. The molecule has 4 rings (SSSR count). The fourth-order valence-corrected chi connectivity index (χ4v) is 3.51. The summed E-state index contributed by atoms with van der Waals surface area (Å²) in [7, 11) is 1.54. The van der Waals surface area contributed by atoms with Crippen molar-refractivity contribution in [3.05, 3.63) is 70.1 Å². The van der Waals surface area contributed by atoms with Gasteiger partial charge in [0.05, 0.1) is 7.11 Å². The quantitative estimate of drug-likeness (QED) is 0.480. The van der Waals surface area contributed by atoms with Crippen molar-refractivity contribution in [1.29, 1.82) is 0 Å². The molecule has 0 saturated carbocycles. The largest absolute Gasteiger partial charge is 0.497 e. The van der Waals surface area contributed by atoms with Crippen LogP contribution >= 0.6 is 0 Å². The SMILES string of the molecule is COc1ccc2[nH]cc(C(=O)Nc3cc4[nH]ccc4cc3C(C)(C)C)c(=O)c2c1. The van der Waals surface area contributed by atoms with Crippen molar-refractivity contribution in [2.75, 3.05) is 12.4 Å². The van der Waals surface area contributed by atoms with Crippen LogP contribution in [0.25, 0.3) is 21.8 Å². The number of carbonyl (C=O) groups is 1. The molecule has 6 heteroatoms. The molecule has 0 unspecified atom stereocenters. The first-order valence-corrected chi connectivity index (χ1v) is 9.40. The van der Waals surface area contributed by atoms with Gasteiger partial charge in [0.15, 0.2) is 0 Å². The Morgan fingerprint density at radius 2 is 1.83 bits per heavy atom. The van der Waals surface area contributed by atoms with E-state index in [2.05, 4.69) is 42.1 Å². The number of amides is 1. The lowest BCUT2D eigenvalue weighted by Crippen LogP contribution is -2.24. The fourth-order valence-electron chi connectivity index (χ4n) is 3.51. The smallest absolute Gasteiger partial charge is 0.261 e. The number of nitrogens with one attached hydrogen (secondary N) is 3. The van der Waals surface area contributed by atoms with Crippen LogP contribution in [0.2, 0.25) is 0 Å². The Bertz CT molecular complexity index is 1290. The van der Waals surface area contributed by atoms with Gasteiger partial charge in [-0.25, -0.2) is 0 Å². The monoisotopic (exact) mass is 389 g/mol. The molecule has 2 aromatic heterocycles. The van der Waals surface area contributed by atoms with Gasteiger partial charge in [-0.1, -0.05) is 20.8 Å². The van der Waals surface area contributed by atoms with Crippen LogP contribution in [0, 0.1) is 0 Å². The van der Waals surface area contributed by atoms with Gasteiger partial charge in [0.25, 0.3) is 5.91 Å². The van der Waals surface area contributed by atoms with Gasteiger partial charge in [-0.05, 0) is 52.8 Å². The van der Waals surface area contributed by atoms with Gasteiger partial charge in [-0.2, -0.15) is 0 Å². The molecule has 0 fully saturated rings. The van der Waals surface area contributed by atoms with Crippen molar-refractivity contribution in [2.45, 2.75) is 26.2 Å². The van der Waals surface area contributed by atoms with Crippen molar-refractivity contribution in [3.8, 4) is 5.75 Å². The molecular formula is C23H23N3O3. The van der Waals surface area contributed by atoms with E-state index in [4.69, 9.17) is 4.74 Å². The number of H-pyrrole nitrogens is 2. The van der Waals surface area contributed by atoms with Crippen LogP contribution in [-0.2, 0) is 5.41 Å². The summed E-state index contributed by atoms with van der Waals surface area (Å²) in [4.78, 5) is 32.1. The van der Waals surface area contributed by atoms with E-state index in [1.165, 1.54) is 13.3 Å². The second-order valence-corrected chi connectivity index (χ2v) is 8.11. The minimum atomic E-state index is -0.452. The number of aromatic nitrogens is 2. The molecule has 6 nitrogen and oxygen atoms in total. The van der Waals surface area contributed by atoms with E-state index in [0.717, 1.165) is 16.5 Å². The number of fused-ring (bicyclic) bond motifs is 2. The summed E-state index contributed by atoms with van der Waals surface area (Å²) in [6.07, 6.45) is 3.32. The maximum Gasteiger partial charge on any atom is 0.261 e. The van der Waals surface area contributed by atoms with Crippen LogP contribution < -0.4 is 15.5 Å². The highest BCUT2D eigenvalue weighted by molar-refractivity contribution is 6.07. The number of carbonyl (C=O) groups excluding carboxylic acids is 1. The maximum atomic E-state index is 13.0. The Kier molecular flexibility index (Phi) is 4.42. The first-order chi connectivity index (χ1) is 13.8. The number of anilines is 1. The van der Waals surface area contributed by atoms with Crippen LogP contribution in [0.15, 0.2) is 53.6 Å². The van der Waals surface area contributed by atoms with Crippen molar-refractivity contribution in [3.63, 3.8) is 0 Å². The first-order valence-electron chi connectivity index (χ1n) is 9.40. The lowest BCUT2D eigenvalue weighted by molar-refractivity contribution is 0.102. The fraction of sp³-hybridized carbons (Fsp3) is 0.217. The maximum absolute atomic E-state index is 13.0. The number of ether oxygens (including phenoxy) is 1. The van der Waals surface area contributed by atoms with E-state index in [0.29, 0.717) is 22.3 Å². The Morgan fingerprint density at radius 3 is 2.55 bits per heavy atom. The Hall–Kier alpha value is -3.54. The zero-order chi connectivity index (χ0) is 20.8. The molecule has 0 spiro atoms. The zero-order valence-corrected chi connectivity index (χ0v) is 16.8. The summed E-state index contributed by atoms with van der Waals surface area (Å²) < 4.78 is 5.20. The van der Waals surface area contributed by atoms with Gasteiger partial charge < -0.3 is 20.0 Å². The standard InChI is InChI=1S/C23H23N3O3/c1-23(2,3)17-9-13-7-8-24-19(13)11-20(17)26-22(28)16-12-25-18-6-5-14(29-4)10-15(18)21(16)27/h5-12,24H,1-4H3,(H,25,27)(H,26,28). The average molecular weight is 389 g/mol. The highest BCUT2D eigenvalue weighted by Crippen LogP contribution is 2.33. The number of pyridine rings is 1. The van der Waals surface area contributed by atoms with Crippen molar-refractivity contribution >= 4 is 33.4 Å². The van der Waals surface area contributed by atoms with E-state index in [1.54, 1.807) is 18.2 Å². The van der Waals surface area contributed by atoms with Crippen LogP contribution in [0.5, 0.6) is 5.75 Å². The lowest BCUT2D eigenvalue weighted by atomic mass is 9.85. The molecule has 4 aromatic rings. The summed E-state index contributed by atoms with van der Waals surface area (Å²) in [6, 6.07) is 11.1. The van der Waals surface area contributed by atoms with Gasteiger partial charge in [0.1, 0.15) is 11.3 Å². The third-order valence-corrected chi connectivity index (χ3v) is 5.08. The van der Waals surface area contributed by atoms with Crippen LogP contribution in [-0.4, -0.2) is 23.0 Å². The molecule has 0 radical (unpaired) electrons. The number of hydrogen-bond donors (Lipinski definition) is 3. The molecule has 2 heterocycles. The molecule has 2 aromatic carbocycles. The first kappa shape index (κ1) is 18.8. The molecule has 0 aliphatic rings. The summed E-state index contributed by atoms with van der Waals surface area (Å²) in [5.41, 5.74) is 2.78. The van der Waals surface area contributed by atoms with Gasteiger partial charge in [-0.3, -0.25) is 9.59 Å². The molecular weight excluding hydrogens is 366 g/mol. The number of benzene rings is 2. The van der Waals surface area contributed by atoms with E-state index >= 15 is 0 Å². The van der Waals surface area contributed by atoms with Gasteiger partial charge in [0, 0.05) is 34.5 Å². The van der Waals surface area contributed by atoms with Gasteiger partial charge >= 0.3 is 0 Å². The third kappa shape index (κ3) is 3.38. The number of methoxy groups -OCH3 is 1. The Balaban J connectivity index is 1.78. The van der Waals surface area contributed by atoms with Crippen LogP contribution in [0.1, 0.15) is 36.7 Å². The molecule has 1 amide bonds. The molecule has 0 bridgehead atoms. The van der Waals surface area contributed by atoms with E-state index < -0.39 is 5.91 Å². The van der Waals surface area contributed by atoms with Gasteiger partial charge in [0.2, 0.25) is 5.43 Å². The van der Waals surface area contributed by atoms with Gasteiger partial charge in [-0.15, -0.1) is 0 Å². The number of rotatable bonds is 3. The van der Waals surface area contributed by atoms with E-state index in [9.17, 15) is 9.59 Å². The molecule has 148 valence electrons. The second-order valence-electron chi connectivity index (χ2n) is 8.11. The molecule has 29 heavy (non-hydrogen) atoms. The summed E-state index contributed by atoms with van der Waals surface area (Å²) in [5, 5.41) is 4.42. The highest BCUT2D eigenvalue weighted by Gasteiger charge is 2.22. The van der Waals surface area contributed by atoms with Crippen molar-refractivity contribution < 1.29 is 9.53 Å². The average Bonchev–Trinajstić information content (AvgIpc) is 3.14. The number of hydrogen-bond acceptors (Lipinski definition) is 3. The number of aromatic amines is 2. The summed E-state index contributed by atoms with van der Waals surface area (Å²) in [6.45, 7) is 6.27. The lowest BCUT2D eigenvalue weighted by Gasteiger charge is -2.23. The molecule has 0 aliphatic heterocycles. The van der Waals surface area contributed by atoms with E-state index in [1.807, 2.05) is 18.3 Å². The van der Waals surface area contributed by atoms with Crippen LogP contribution in [0.4, 0.5) is 5.69 Å². The molecule has 3 N–H and O–H groups in total. The third-order valence-electron chi connectivity index (χ3n) is 5.08. The Morgan fingerprint density at radius 1 is 1.03 bits per heavy atom. The van der Waals surface area contributed by atoms with E-state index in [-0.39, 0.29) is 16.4 Å². The molecule has 0 atom stereocenters.